The predicted molar refractivity (Wildman–Crippen MR) is 65.6 cm³/mol. The van der Waals surface area contributed by atoms with Crippen LogP contribution in [0.4, 0.5) is 4.79 Å². The van der Waals surface area contributed by atoms with Crippen molar-refractivity contribution in [2.24, 2.45) is 5.11 Å². The van der Waals surface area contributed by atoms with Crippen molar-refractivity contribution >= 4 is 6.03 Å². The summed E-state index contributed by atoms with van der Waals surface area (Å²) in [6.45, 7) is 3.73. The number of hydroxylamine groups is 2. The Morgan fingerprint density at radius 1 is 1.56 bits per heavy atom. The Morgan fingerprint density at radius 2 is 2.39 bits per heavy atom. The smallest absolute Gasteiger partial charge is 0.318 e. The molecular weight excluding hydrogens is 234 g/mol. The van der Waals surface area contributed by atoms with Crippen LogP contribution in [0, 0.1) is 0 Å². The van der Waals surface area contributed by atoms with Gasteiger partial charge in [-0.2, -0.15) is 5.06 Å². The van der Waals surface area contributed by atoms with E-state index in [1.807, 2.05) is 0 Å². The fourth-order valence-electron chi connectivity index (χ4n) is 2.50. The van der Waals surface area contributed by atoms with Crippen molar-refractivity contribution in [1.29, 1.82) is 0 Å². The summed E-state index contributed by atoms with van der Waals surface area (Å²) in [4.78, 5) is 22.2. The lowest BCUT2D eigenvalue weighted by atomic mass is 10.0. The van der Waals surface area contributed by atoms with E-state index in [1.54, 1.807) is 4.90 Å². The lowest BCUT2D eigenvalue weighted by Gasteiger charge is -2.29. The molecule has 0 aromatic rings. The van der Waals surface area contributed by atoms with Crippen LogP contribution in [0.2, 0.25) is 0 Å². The van der Waals surface area contributed by atoms with Crippen LogP contribution in [-0.4, -0.2) is 47.8 Å². The molecule has 2 fully saturated rings. The summed E-state index contributed by atoms with van der Waals surface area (Å²) in [6.07, 6.45) is 3.80. The van der Waals surface area contributed by atoms with Gasteiger partial charge in [-0.05, 0) is 24.8 Å². The standard InChI is InChI=1S/C11H19N5O2/c1-2-3-6-18-16-10-5-4-9(7-13-14-12)15(8-10)11(16)17/h9-10H,2-8H2,1H3/t9-,10?/m0/s1. The number of carbonyl (C=O) groups excluding carboxylic acids is 1. The molecule has 2 saturated heterocycles. The van der Waals surface area contributed by atoms with Crippen molar-refractivity contribution in [1.82, 2.24) is 9.96 Å². The van der Waals surface area contributed by atoms with E-state index in [4.69, 9.17) is 10.4 Å². The number of azide groups is 1. The van der Waals surface area contributed by atoms with Crippen molar-refractivity contribution < 1.29 is 9.63 Å². The molecule has 0 saturated carbocycles. The number of piperidine rings is 1. The average Bonchev–Trinajstić information content (AvgIpc) is 2.63. The lowest BCUT2D eigenvalue weighted by Crippen LogP contribution is -2.41. The SMILES string of the molecule is CCCCON1C(=O)N2CC1CC[C@H]2CN=[N+]=[N-]. The molecule has 0 N–H and O–H groups in total. The number of urea groups is 1. The Labute approximate surface area is 106 Å². The Balaban J connectivity index is 1.94. The topological polar surface area (TPSA) is 81.5 Å². The molecule has 0 radical (unpaired) electrons. The minimum atomic E-state index is -0.0771. The van der Waals surface area contributed by atoms with Crippen LogP contribution < -0.4 is 0 Å². The van der Waals surface area contributed by atoms with Crippen molar-refractivity contribution in [3.05, 3.63) is 10.4 Å². The Hall–Kier alpha value is -1.46. The minimum Gasteiger partial charge on any atom is -0.318 e. The second-order valence-corrected chi connectivity index (χ2v) is 4.75. The van der Waals surface area contributed by atoms with E-state index >= 15 is 0 Å². The van der Waals surface area contributed by atoms with Gasteiger partial charge in [0.05, 0.1) is 12.6 Å². The van der Waals surface area contributed by atoms with Crippen LogP contribution >= 0.6 is 0 Å². The van der Waals surface area contributed by atoms with Crippen molar-refractivity contribution in [3.8, 4) is 0 Å². The number of fused-ring (bicyclic) bond motifs is 2. The van der Waals surface area contributed by atoms with E-state index in [0.29, 0.717) is 19.7 Å². The zero-order chi connectivity index (χ0) is 13.0. The van der Waals surface area contributed by atoms with E-state index in [0.717, 1.165) is 25.7 Å². The maximum Gasteiger partial charge on any atom is 0.344 e. The molecule has 18 heavy (non-hydrogen) atoms. The van der Waals surface area contributed by atoms with Gasteiger partial charge in [-0.3, -0.25) is 4.84 Å². The third-order valence-corrected chi connectivity index (χ3v) is 3.53. The summed E-state index contributed by atoms with van der Waals surface area (Å²) in [5.41, 5.74) is 8.35. The van der Waals surface area contributed by atoms with E-state index in [1.165, 1.54) is 5.06 Å². The highest BCUT2D eigenvalue weighted by molar-refractivity contribution is 5.76. The molecule has 0 spiro atoms. The molecule has 2 aliphatic rings. The van der Waals surface area contributed by atoms with Gasteiger partial charge in [-0.15, -0.1) is 0 Å². The van der Waals surface area contributed by atoms with Crippen LogP contribution in [0.5, 0.6) is 0 Å². The van der Waals surface area contributed by atoms with E-state index in [2.05, 4.69) is 16.9 Å². The van der Waals surface area contributed by atoms with Gasteiger partial charge in [0.25, 0.3) is 0 Å². The minimum absolute atomic E-state index is 0.0319. The van der Waals surface area contributed by atoms with Gasteiger partial charge in [0.2, 0.25) is 0 Å². The molecule has 2 amide bonds. The number of unbranched alkanes of at least 4 members (excludes halogenated alkanes) is 1. The van der Waals surface area contributed by atoms with Gasteiger partial charge in [-0.25, -0.2) is 4.79 Å². The Bertz CT molecular complexity index is 355. The monoisotopic (exact) mass is 253 g/mol. The van der Waals surface area contributed by atoms with Crippen LogP contribution in [0.15, 0.2) is 5.11 Å². The fourth-order valence-corrected chi connectivity index (χ4v) is 2.50. The molecule has 2 atom stereocenters. The molecule has 1 unspecified atom stereocenters. The van der Waals surface area contributed by atoms with Gasteiger partial charge in [0, 0.05) is 24.0 Å². The quantitative estimate of drug-likeness (QED) is 0.315. The number of nitrogens with zero attached hydrogens (tertiary/aromatic N) is 5. The number of carbonyl (C=O) groups is 1. The number of amides is 2. The van der Waals surface area contributed by atoms with Gasteiger partial charge >= 0.3 is 6.03 Å². The average molecular weight is 253 g/mol. The highest BCUT2D eigenvalue weighted by Crippen LogP contribution is 2.30. The summed E-state index contributed by atoms with van der Waals surface area (Å²) >= 11 is 0. The molecule has 100 valence electrons. The summed E-state index contributed by atoms with van der Waals surface area (Å²) in [7, 11) is 0. The summed E-state index contributed by atoms with van der Waals surface area (Å²) in [5, 5.41) is 5.09. The van der Waals surface area contributed by atoms with E-state index < -0.39 is 0 Å². The molecule has 7 nitrogen and oxygen atoms in total. The second-order valence-electron chi connectivity index (χ2n) is 4.75. The van der Waals surface area contributed by atoms with Crippen molar-refractivity contribution in [3.63, 3.8) is 0 Å². The van der Waals surface area contributed by atoms with Gasteiger partial charge in [0.1, 0.15) is 0 Å². The third kappa shape index (κ3) is 2.52. The molecule has 2 bridgehead atoms. The fraction of sp³-hybridized carbons (Fsp3) is 0.909. The zero-order valence-electron chi connectivity index (χ0n) is 10.7. The first-order chi connectivity index (χ1) is 8.77. The maximum atomic E-state index is 12.1. The summed E-state index contributed by atoms with van der Waals surface area (Å²) in [6, 6.07) is 0.118. The first kappa shape index (κ1) is 13.0. The summed E-state index contributed by atoms with van der Waals surface area (Å²) in [5.74, 6) is 0. The van der Waals surface area contributed by atoms with E-state index in [9.17, 15) is 4.79 Å². The summed E-state index contributed by atoms with van der Waals surface area (Å²) < 4.78 is 0. The third-order valence-electron chi connectivity index (χ3n) is 3.53. The van der Waals surface area contributed by atoms with Gasteiger partial charge < -0.3 is 4.90 Å². The van der Waals surface area contributed by atoms with Crippen LogP contribution in [0.1, 0.15) is 32.6 Å². The normalized spacial score (nSPS) is 26.4. The number of hydrogen-bond donors (Lipinski definition) is 0. The maximum absolute atomic E-state index is 12.1. The van der Waals surface area contributed by atoms with Crippen molar-refractivity contribution in [2.75, 3.05) is 19.7 Å². The van der Waals surface area contributed by atoms with Crippen LogP contribution in [0.25, 0.3) is 10.4 Å². The first-order valence-corrected chi connectivity index (χ1v) is 6.51. The first-order valence-electron chi connectivity index (χ1n) is 6.51. The number of rotatable bonds is 6. The van der Waals surface area contributed by atoms with Crippen LogP contribution in [-0.2, 0) is 4.84 Å². The second kappa shape index (κ2) is 5.93. The Kier molecular flexibility index (Phi) is 4.28. The highest BCUT2D eigenvalue weighted by Gasteiger charge is 2.45. The largest absolute Gasteiger partial charge is 0.344 e. The molecule has 0 aromatic carbocycles. The number of hydrogen-bond acceptors (Lipinski definition) is 3. The molecule has 2 heterocycles. The molecule has 0 aromatic heterocycles. The van der Waals surface area contributed by atoms with Crippen molar-refractivity contribution in [2.45, 2.75) is 44.7 Å². The van der Waals surface area contributed by atoms with Crippen LogP contribution in [0.3, 0.4) is 0 Å². The zero-order valence-corrected chi connectivity index (χ0v) is 10.7. The van der Waals surface area contributed by atoms with Gasteiger partial charge in [0.15, 0.2) is 0 Å². The van der Waals surface area contributed by atoms with E-state index in [-0.39, 0.29) is 18.1 Å². The van der Waals surface area contributed by atoms with Gasteiger partial charge in [-0.1, -0.05) is 18.5 Å². The lowest BCUT2D eigenvalue weighted by molar-refractivity contribution is -0.130. The molecule has 2 aliphatic heterocycles. The molecule has 0 aliphatic carbocycles. The highest BCUT2D eigenvalue weighted by atomic mass is 16.7. The molecule has 2 rings (SSSR count). The molecular formula is C11H19N5O2. The predicted octanol–water partition coefficient (Wildman–Crippen LogP) is 2.30. The molecule has 7 heteroatoms. The Morgan fingerprint density at radius 3 is 3.11 bits per heavy atom.